The molecule has 5 nitrogen and oxygen atoms in total. The second-order valence-electron chi connectivity index (χ2n) is 4.83. The lowest BCUT2D eigenvalue weighted by Gasteiger charge is -2.33. The van der Waals surface area contributed by atoms with Gasteiger partial charge < -0.3 is 14.4 Å². The lowest BCUT2D eigenvalue weighted by Crippen LogP contribution is -2.43. The van der Waals surface area contributed by atoms with Gasteiger partial charge in [-0.2, -0.15) is 13.2 Å². The molecule has 0 saturated carbocycles. The minimum absolute atomic E-state index is 0.00432. The SMILES string of the molecule is COC(=O)C1COCN(c2cc(C(F)(F)F)ccc2C=O)C1. The molecule has 1 heterocycles. The Balaban J connectivity index is 2.33. The third-order valence-electron chi connectivity index (χ3n) is 3.37. The van der Waals surface area contributed by atoms with Gasteiger partial charge in [0.15, 0.2) is 6.29 Å². The molecule has 8 heteroatoms. The van der Waals surface area contributed by atoms with E-state index in [-0.39, 0.29) is 31.1 Å². The third-order valence-corrected chi connectivity index (χ3v) is 3.37. The van der Waals surface area contributed by atoms with E-state index in [2.05, 4.69) is 4.74 Å². The molecule has 0 aliphatic carbocycles. The van der Waals surface area contributed by atoms with Gasteiger partial charge in [-0.25, -0.2) is 0 Å². The fourth-order valence-corrected chi connectivity index (χ4v) is 2.25. The normalized spacial score (nSPS) is 18.9. The summed E-state index contributed by atoms with van der Waals surface area (Å²) in [6.07, 6.45) is -4.05. The molecule has 120 valence electrons. The summed E-state index contributed by atoms with van der Waals surface area (Å²) in [4.78, 5) is 24.0. The van der Waals surface area contributed by atoms with E-state index in [0.717, 1.165) is 18.2 Å². The predicted octanol–water partition coefficient (Wildman–Crippen LogP) is 2.10. The molecule has 0 bridgehead atoms. The van der Waals surface area contributed by atoms with Crippen LogP contribution >= 0.6 is 0 Å². The van der Waals surface area contributed by atoms with Crippen LogP contribution in [0.4, 0.5) is 18.9 Å². The van der Waals surface area contributed by atoms with Crippen molar-refractivity contribution >= 4 is 17.9 Å². The van der Waals surface area contributed by atoms with E-state index in [9.17, 15) is 22.8 Å². The van der Waals surface area contributed by atoms with Gasteiger partial charge in [-0.1, -0.05) is 0 Å². The number of benzene rings is 1. The number of carbonyl (C=O) groups excluding carboxylic acids is 2. The van der Waals surface area contributed by atoms with Gasteiger partial charge in [-0.05, 0) is 18.2 Å². The first-order valence-corrected chi connectivity index (χ1v) is 6.43. The van der Waals surface area contributed by atoms with E-state index in [1.165, 1.54) is 12.0 Å². The van der Waals surface area contributed by atoms with Crippen molar-refractivity contribution in [3.63, 3.8) is 0 Å². The van der Waals surface area contributed by atoms with Gasteiger partial charge in [0.2, 0.25) is 0 Å². The van der Waals surface area contributed by atoms with Crippen LogP contribution in [0.25, 0.3) is 0 Å². The largest absolute Gasteiger partial charge is 0.469 e. The highest BCUT2D eigenvalue weighted by molar-refractivity contribution is 5.85. The highest BCUT2D eigenvalue weighted by atomic mass is 19.4. The Hall–Kier alpha value is -2.09. The molecule has 22 heavy (non-hydrogen) atoms. The highest BCUT2D eigenvalue weighted by Gasteiger charge is 2.33. The van der Waals surface area contributed by atoms with Gasteiger partial charge >= 0.3 is 12.1 Å². The number of alkyl halides is 3. The summed E-state index contributed by atoms with van der Waals surface area (Å²) in [6, 6.07) is 2.83. The summed E-state index contributed by atoms with van der Waals surface area (Å²) in [5.74, 6) is -1.13. The van der Waals surface area contributed by atoms with Crippen LogP contribution < -0.4 is 4.90 Å². The molecule has 0 amide bonds. The van der Waals surface area contributed by atoms with Gasteiger partial charge in [-0.15, -0.1) is 0 Å². The minimum Gasteiger partial charge on any atom is -0.469 e. The Kier molecular flexibility index (Phi) is 4.70. The molecule has 1 saturated heterocycles. The first kappa shape index (κ1) is 16.3. The molecule has 1 unspecified atom stereocenters. The summed E-state index contributed by atoms with van der Waals surface area (Å²) < 4.78 is 48.3. The van der Waals surface area contributed by atoms with Crippen molar-refractivity contribution in [3.8, 4) is 0 Å². The molecule has 1 aliphatic heterocycles. The average Bonchev–Trinajstić information content (AvgIpc) is 2.52. The van der Waals surface area contributed by atoms with Crippen molar-refractivity contribution < 1.29 is 32.2 Å². The van der Waals surface area contributed by atoms with E-state index in [1.807, 2.05) is 0 Å². The maximum atomic E-state index is 12.8. The fourth-order valence-electron chi connectivity index (χ4n) is 2.25. The lowest BCUT2D eigenvalue weighted by atomic mass is 10.1. The molecule has 0 spiro atoms. The number of nitrogens with zero attached hydrogens (tertiary/aromatic N) is 1. The fraction of sp³-hybridized carbons (Fsp3) is 0.429. The minimum atomic E-state index is -4.52. The van der Waals surface area contributed by atoms with E-state index in [1.54, 1.807) is 0 Å². The molecule has 1 atom stereocenters. The number of hydrogen-bond acceptors (Lipinski definition) is 5. The topological polar surface area (TPSA) is 55.8 Å². The van der Waals surface area contributed by atoms with Crippen molar-refractivity contribution in [2.24, 2.45) is 5.92 Å². The van der Waals surface area contributed by atoms with E-state index in [0.29, 0.717) is 6.29 Å². The summed E-state index contributed by atoms with van der Waals surface area (Å²) in [7, 11) is 1.22. The quantitative estimate of drug-likeness (QED) is 0.631. The molecule has 1 fully saturated rings. The molecular formula is C14H14F3NO4. The number of ether oxygens (including phenoxy) is 2. The van der Waals surface area contributed by atoms with Crippen molar-refractivity contribution in [2.45, 2.75) is 6.18 Å². The van der Waals surface area contributed by atoms with Crippen molar-refractivity contribution in [2.75, 3.05) is 31.9 Å². The highest BCUT2D eigenvalue weighted by Crippen LogP contribution is 2.34. The third kappa shape index (κ3) is 3.38. The second kappa shape index (κ2) is 6.35. The van der Waals surface area contributed by atoms with E-state index in [4.69, 9.17) is 4.74 Å². The second-order valence-corrected chi connectivity index (χ2v) is 4.83. The first-order valence-electron chi connectivity index (χ1n) is 6.43. The molecular weight excluding hydrogens is 303 g/mol. The Labute approximate surface area is 124 Å². The monoisotopic (exact) mass is 317 g/mol. The van der Waals surface area contributed by atoms with Crippen molar-refractivity contribution in [3.05, 3.63) is 29.3 Å². The number of halogens is 3. The van der Waals surface area contributed by atoms with Crippen LogP contribution in [-0.2, 0) is 20.4 Å². The van der Waals surface area contributed by atoms with Gasteiger partial charge in [0.1, 0.15) is 6.73 Å². The Morgan fingerprint density at radius 1 is 1.45 bits per heavy atom. The molecule has 0 N–H and O–H groups in total. The van der Waals surface area contributed by atoms with Gasteiger partial charge in [0, 0.05) is 17.8 Å². The van der Waals surface area contributed by atoms with Gasteiger partial charge in [0.25, 0.3) is 0 Å². The Morgan fingerprint density at radius 3 is 2.77 bits per heavy atom. The number of aldehydes is 1. The summed E-state index contributed by atoms with van der Waals surface area (Å²) in [5, 5.41) is 0. The molecule has 2 rings (SSSR count). The maximum absolute atomic E-state index is 12.8. The number of carbonyl (C=O) groups is 2. The molecule has 1 aromatic rings. The maximum Gasteiger partial charge on any atom is 0.416 e. The summed E-state index contributed by atoms with van der Waals surface area (Å²) >= 11 is 0. The van der Waals surface area contributed by atoms with Crippen LogP contribution in [0.1, 0.15) is 15.9 Å². The Morgan fingerprint density at radius 2 is 2.18 bits per heavy atom. The smallest absolute Gasteiger partial charge is 0.416 e. The number of anilines is 1. The molecule has 1 aliphatic rings. The number of hydrogen-bond donors (Lipinski definition) is 0. The zero-order valence-corrected chi connectivity index (χ0v) is 11.7. The number of methoxy groups -OCH3 is 1. The van der Waals surface area contributed by atoms with Crippen molar-refractivity contribution in [1.82, 2.24) is 0 Å². The predicted molar refractivity (Wildman–Crippen MR) is 70.5 cm³/mol. The lowest BCUT2D eigenvalue weighted by molar-refractivity contribution is -0.148. The van der Waals surface area contributed by atoms with Crippen LogP contribution in [0.3, 0.4) is 0 Å². The summed E-state index contributed by atoms with van der Waals surface area (Å²) in [5.41, 5.74) is -0.686. The van der Waals surface area contributed by atoms with E-state index >= 15 is 0 Å². The van der Waals surface area contributed by atoms with Crippen LogP contribution in [0.5, 0.6) is 0 Å². The first-order chi connectivity index (χ1) is 10.4. The van der Waals surface area contributed by atoms with Crippen molar-refractivity contribution in [1.29, 1.82) is 0 Å². The van der Waals surface area contributed by atoms with Crippen LogP contribution in [0.15, 0.2) is 18.2 Å². The van der Waals surface area contributed by atoms with Gasteiger partial charge in [0.05, 0.1) is 25.2 Å². The number of rotatable bonds is 3. The zero-order chi connectivity index (χ0) is 16.3. The molecule has 0 radical (unpaired) electrons. The van der Waals surface area contributed by atoms with Crippen LogP contribution in [0.2, 0.25) is 0 Å². The summed E-state index contributed by atoms with van der Waals surface area (Å²) in [6.45, 7) is 0.239. The molecule has 0 aromatic heterocycles. The number of esters is 1. The Bertz CT molecular complexity index is 574. The standard InChI is InChI=1S/C14H14F3NO4/c1-21-13(20)10-5-18(8-22-7-10)12-4-11(14(15,16)17)3-2-9(12)6-19/h2-4,6,10H,5,7-8H2,1H3. The zero-order valence-electron chi connectivity index (χ0n) is 11.7. The van der Waals surface area contributed by atoms with Gasteiger partial charge in [-0.3, -0.25) is 9.59 Å². The van der Waals surface area contributed by atoms with E-state index < -0.39 is 23.6 Å². The molecule has 1 aromatic carbocycles. The van der Waals surface area contributed by atoms with Crippen LogP contribution in [0, 0.1) is 5.92 Å². The average molecular weight is 317 g/mol. The van der Waals surface area contributed by atoms with Crippen LogP contribution in [-0.4, -0.2) is 39.2 Å².